The van der Waals surface area contributed by atoms with Crippen molar-refractivity contribution in [3.63, 3.8) is 0 Å². The molecule has 0 radical (unpaired) electrons. The molecule has 3 aliphatic rings. The predicted molar refractivity (Wildman–Crippen MR) is 112 cm³/mol. The van der Waals surface area contributed by atoms with E-state index in [1.165, 1.54) is 6.42 Å². The molecule has 2 fully saturated rings. The Morgan fingerprint density at radius 2 is 1.97 bits per heavy atom. The molecule has 0 saturated carbocycles. The summed E-state index contributed by atoms with van der Waals surface area (Å²) in [6, 6.07) is 1.94. The van der Waals surface area contributed by atoms with Crippen LogP contribution in [0.4, 0.5) is 11.5 Å². The quantitative estimate of drug-likeness (QED) is 0.772. The van der Waals surface area contributed by atoms with Crippen LogP contribution in [-0.2, 0) is 17.9 Å². The van der Waals surface area contributed by atoms with Crippen molar-refractivity contribution < 1.29 is 4.79 Å². The Kier molecular flexibility index (Phi) is 4.57. The van der Waals surface area contributed by atoms with Crippen molar-refractivity contribution >= 4 is 29.0 Å². The van der Waals surface area contributed by atoms with Crippen LogP contribution in [-0.4, -0.2) is 51.9 Å². The number of carbonyl (C=O) groups excluding carboxylic acids is 1. The molecule has 0 aliphatic carbocycles. The van der Waals surface area contributed by atoms with E-state index < -0.39 is 0 Å². The standard InChI is InChI=1S/C21H25ClN6O/c1-13-18(22)8-16(9-23-13)27-7-4-15(10-27)21(29)28-11-17-19(12-28)24-14(2)25-20(17)26-5-3-6-26/h8-9,15H,3-7,10-12H2,1-2H3. The summed E-state index contributed by atoms with van der Waals surface area (Å²) in [6.45, 7) is 8.67. The van der Waals surface area contributed by atoms with Crippen LogP contribution in [0.2, 0.25) is 5.02 Å². The highest BCUT2D eigenvalue weighted by molar-refractivity contribution is 6.31. The number of aromatic nitrogens is 3. The second-order valence-corrected chi connectivity index (χ2v) is 8.65. The van der Waals surface area contributed by atoms with Crippen LogP contribution in [0.5, 0.6) is 0 Å². The van der Waals surface area contributed by atoms with Gasteiger partial charge >= 0.3 is 0 Å². The van der Waals surface area contributed by atoms with E-state index in [9.17, 15) is 4.79 Å². The van der Waals surface area contributed by atoms with E-state index in [0.29, 0.717) is 24.7 Å². The van der Waals surface area contributed by atoms with Gasteiger partial charge in [-0.3, -0.25) is 9.78 Å². The van der Waals surface area contributed by atoms with Crippen LogP contribution in [0, 0.1) is 19.8 Å². The smallest absolute Gasteiger partial charge is 0.228 e. The Bertz CT molecular complexity index is 976. The number of pyridine rings is 1. The van der Waals surface area contributed by atoms with Crippen molar-refractivity contribution in [2.45, 2.75) is 39.8 Å². The van der Waals surface area contributed by atoms with Gasteiger partial charge < -0.3 is 14.7 Å². The van der Waals surface area contributed by atoms with Gasteiger partial charge in [-0.1, -0.05) is 11.6 Å². The minimum absolute atomic E-state index is 0.00842. The molecule has 8 heteroatoms. The lowest BCUT2D eigenvalue weighted by Gasteiger charge is -2.33. The number of hydrogen-bond acceptors (Lipinski definition) is 6. The lowest BCUT2D eigenvalue weighted by atomic mass is 10.1. The number of anilines is 2. The Balaban J connectivity index is 1.30. The molecule has 0 spiro atoms. The fraction of sp³-hybridized carbons (Fsp3) is 0.524. The van der Waals surface area contributed by atoms with Gasteiger partial charge in [0.25, 0.3) is 0 Å². The molecule has 0 bridgehead atoms. The van der Waals surface area contributed by atoms with E-state index in [-0.39, 0.29) is 11.8 Å². The number of carbonyl (C=O) groups is 1. The average Bonchev–Trinajstić information content (AvgIpc) is 3.29. The predicted octanol–water partition coefficient (Wildman–Crippen LogP) is 2.72. The number of aryl methyl sites for hydroxylation is 2. The molecule has 152 valence electrons. The average molecular weight is 413 g/mol. The molecule has 2 saturated heterocycles. The highest BCUT2D eigenvalue weighted by atomic mass is 35.5. The Morgan fingerprint density at radius 3 is 2.69 bits per heavy atom. The molecule has 5 rings (SSSR count). The lowest BCUT2D eigenvalue weighted by Crippen LogP contribution is -2.39. The number of nitrogens with zero attached hydrogens (tertiary/aromatic N) is 6. The summed E-state index contributed by atoms with van der Waals surface area (Å²) in [6.07, 6.45) is 3.90. The third kappa shape index (κ3) is 3.31. The van der Waals surface area contributed by atoms with Crippen LogP contribution in [0.3, 0.4) is 0 Å². The van der Waals surface area contributed by atoms with Crippen molar-refractivity contribution in [3.05, 3.63) is 40.1 Å². The number of rotatable bonds is 3. The zero-order valence-electron chi connectivity index (χ0n) is 16.9. The first-order valence-corrected chi connectivity index (χ1v) is 10.6. The van der Waals surface area contributed by atoms with Gasteiger partial charge in [-0.25, -0.2) is 9.97 Å². The summed E-state index contributed by atoms with van der Waals surface area (Å²) < 4.78 is 0. The molecule has 1 unspecified atom stereocenters. The van der Waals surface area contributed by atoms with Crippen molar-refractivity contribution in [2.75, 3.05) is 36.0 Å². The van der Waals surface area contributed by atoms with Crippen molar-refractivity contribution in [3.8, 4) is 0 Å². The number of fused-ring (bicyclic) bond motifs is 1. The minimum atomic E-state index is -0.00842. The molecule has 2 aromatic rings. The third-order valence-electron chi connectivity index (χ3n) is 6.25. The largest absolute Gasteiger partial charge is 0.369 e. The fourth-order valence-electron chi connectivity index (χ4n) is 4.43. The summed E-state index contributed by atoms with van der Waals surface area (Å²) in [5.74, 6) is 2.02. The SMILES string of the molecule is Cc1nc2c(c(N3CCC3)n1)CN(C(=O)C1CCN(c3cnc(C)c(Cl)c3)C1)C2. The number of hydrogen-bond donors (Lipinski definition) is 0. The van der Waals surface area contributed by atoms with E-state index in [1.54, 1.807) is 0 Å². The van der Waals surface area contributed by atoms with Crippen LogP contribution < -0.4 is 9.80 Å². The van der Waals surface area contributed by atoms with E-state index in [0.717, 1.165) is 60.3 Å². The first-order valence-electron chi connectivity index (χ1n) is 10.3. The maximum atomic E-state index is 13.3. The van der Waals surface area contributed by atoms with Crippen LogP contribution in [0.1, 0.15) is 35.6 Å². The molecule has 1 atom stereocenters. The number of halogens is 1. The Morgan fingerprint density at radius 1 is 1.14 bits per heavy atom. The molecule has 1 amide bonds. The molecule has 29 heavy (non-hydrogen) atoms. The molecule has 0 N–H and O–H groups in total. The zero-order valence-corrected chi connectivity index (χ0v) is 17.6. The van der Waals surface area contributed by atoms with Crippen molar-refractivity contribution in [1.29, 1.82) is 0 Å². The summed E-state index contributed by atoms with van der Waals surface area (Å²) in [5, 5.41) is 0.666. The normalized spacial score (nSPS) is 20.8. The van der Waals surface area contributed by atoms with Crippen molar-refractivity contribution in [2.24, 2.45) is 5.92 Å². The highest BCUT2D eigenvalue weighted by Gasteiger charge is 2.36. The van der Waals surface area contributed by atoms with E-state index in [1.807, 2.05) is 31.0 Å². The van der Waals surface area contributed by atoms with Gasteiger partial charge in [0.2, 0.25) is 5.91 Å². The van der Waals surface area contributed by atoms with Gasteiger partial charge in [0.1, 0.15) is 11.6 Å². The van der Waals surface area contributed by atoms with Gasteiger partial charge in [-0.2, -0.15) is 0 Å². The summed E-state index contributed by atoms with van der Waals surface area (Å²) in [7, 11) is 0. The van der Waals surface area contributed by atoms with E-state index in [2.05, 4.69) is 24.8 Å². The Hall–Kier alpha value is -2.41. The van der Waals surface area contributed by atoms with E-state index in [4.69, 9.17) is 11.6 Å². The molecular weight excluding hydrogens is 388 g/mol. The van der Waals surface area contributed by atoms with Gasteiger partial charge in [0, 0.05) is 31.7 Å². The molecule has 7 nitrogen and oxygen atoms in total. The monoisotopic (exact) mass is 412 g/mol. The van der Waals surface area contributed by atoms with Crippen molar-refractivity contribution in [1.82, 2.24) is 19.9 Å². The topological polar surface area (TPSA) is 65.5 Å². The molecular formula is C21H25ClN6O. The first kappa shape index (κ1) is 18.6. The maximum absolute atomic E-state index is 13.3. The van der Waals surface area contributed by atoms with Gasteiger partial charge in [0.05, 0.1) is 47.3 Å². The molecule has 2 aromatic heterocycles. The lowest BCUT2D eigenvalue weighted by molar-refractivity contribution is -0.135. The molecule has 0 aromatic carbocycles. The van der Waals surface area contributed by atoms with Crippen LogP contribution in [0.25, 0.3) is 0 Å². The summed E-state index contributed by atoms with van der Waals surface area (Å²) in [5.41, 5.74) is 3.96. The van der Waals surface area contributed by atoms with Crippen LogP contribution in [0.15, 0.2) is 12.3 Å². The van der Waals surface area contributed by atoms with E-state index >= 15 is 0 Å². The zero-order chi connectivity index (χ0) is 20.1. The third-order valence-corrected chi connectivity index (χ3v) is 6.64. The summed E-state index contributed by atoms with van der Waals surface area (Å²) >= 11 is 6.23. The van der Waals surface area contributed by atoms with Gasteiger partial charge in [0.15, 0.2) is 0 Å². The second-order valence-electron chi connectivity index (χ2n) is 8.25. The van der Waals surface area contributed by atoms with Crippen LogP contribution >= 0.6 is 11.6 Å². The molecule has 5 heterocycles. The second kappa shape index (κ2) is 7.13. The van der Waals surface area contributed by atoms with Gasteiger partial charge in [-0.15, -0.1) is 0 Å². The fourth-order valence-corrected chi connectivity index (χ4v) is 4.59. The molecule has 3 aliphatic heterocycles. The summed E-state index contributed by atoms with van der Waals surface area (Å²) in [4.78, 5) is 33.4. The van der Waals surface area contributed by atoms with Gasteiger partial charge in [-0.05, 0) is 32.8 Å². The Labute approximate surface area is 175 Å². The minimum Gasteiger partial charge on any atom is -0.369 e. The maximum Gasteiger partial charge on any atom is 0.228 e. The first-order chi connectivity index (χ1) is 14.0. The highest BCUT2D eigenvalue weighted by Crippen LogP contribution is 2.34. The number of amides is 1.